The van der Waals surface area contributed by atoms with Gasteiger partial charge in [0.05, 0.1) is 38.6 Å². The van der Waals surface area contributed by atoms with Crippen LogP contribution in [-0.2, 0) is 16.2 Å². The lowest BCUT2D eigenvalue weighted by molar-refractivity contribution is -0.137. The SMILES string of the molecule is O=C(N/N=C/c1c(O)n(-c2cccc(C(F)(F)F)c2)c(=O)c2ccccc12)c1cccc(S(=O)(=O)Nc2ccccc2Cl)c1. The molecule has 0 fully saturated rings. The number of hydrogen-bond acceptors (Lipinski definition) is 6. The van der Waals surface area contributed by atoms with E-state index in [0.717, 1.165) is 30.5 Å². The van der Waals surface area contributed by atoms with E-state index >= 15 is 0 Å². The number of pyridine rings is 1. The van der Waals surface area contributed by atoms with Crippen molar-refractivity contribution in [1.29, 1.82) is 0 Å². The zero-order valence-corrected chi connectivity index (χ0v) is 23.8. The highest BCUT2D eigenvalue weighted by Gasteiger charge is 2.31. The third-order valence-electron chi connectivity index (χ3n) is 6.42. The maximum absolute atomic E-state index is 13.4. The van der Waals surface area contributed by atoms with Crippen LogP contribution in [-0.4, -0.2) is 30.2 Å². The fourth-order valence-electron chi connectivity index (χ4n) is 4.32. The zero-order chi connectivity index (χ0) is 31.6. The molecule has 0 saturated carbocycles. The quantitative estimate of drug-likeness (QED) is 0.150. The van der Waals surface area contributed by atoms with Gasteiger partial charge in [-0.2, -0.15) is 18.3 Å². The highest BCUT2D eigenvalue weighted by molar-refractivity contribution is 7.92. The van der Waals surface area contributed by atoms with Crippen molar-refractivity contribution in [3.05, 3.63) is 129 Å². The van der Waals surface area contributed by atoms with E-state index in [4.69, 9.17) is 11.6 Å². The van der Waals surface area contributed by atoms with E-state index in [1.807, 2.05) is 0 Å². The van der Waals surface area contributed by atoms with Gasteiger partial charge in [-0.3, -0.25) is 14.3 Å². The highest BCUT2D eigenvalue weighted by atomic mass is 35.5. The standard InChI is InChI=1S/C30H20ClF3N4O5S/c31-25-13-3-4-14-26(25)37-44(42,43)21-10-5-7-18(15-21)27(39)36-35-17-24-22-11-1-2-12-23(22)28(40)38(29(24)41)20-9-6-8-19(16-20)30(32,33)34/h1-17,37,41H,(H,36,39)/b35-17+. The monoisotopic (exact) mass is 640 g/mol. The van der Waals surface area contributed by atoms with Crippen molar-refractivity contribution < 1.29 is 31.5 Å². The molecule has 0 aliphatic rings. The van der Waals surface area contributed by atoms with Gasteiger partial charge in [-0.25, -0.2) is 18.4 Å². The van der Waals surface area contributed by atoms with Gasteiger partial charge in [0.1, 0.15) is 0 Å². The van der Waals surface area contributed by atoms with Crippen LogP contribution in [0.1, 0.15) is 21.5 Å². The lowest BCUT2D eigenvalue weighted by Crippen LogP contribution is -2.21. The summed E-state index contributed by atoms with van der Waals surface area (Å²) in [6.45, 7) is 0. The molecule has 3 N–H and O–H groups in total. The number of sulfonamides is 1. The molecule has 0 aliphatic carbocycles. The lowest BCUT2D eigenvalue weighted by atomic mass is 10.1. The molecule has 0 saturated heterocycles. The third kappa shape index (κ3) is 6.14. The summed E-state index contributed by atoms with van der Waals surface area (Å²) >= 11 is 6.04. The zero-order valence-electron chi connectivity index (χ0n) is 22.2. The summed E-state index contributed by atoms with van der Waals surface area (Å²) in [6.07, 6.45) is -3.67. The first kappa shape index (κ1) is 30.3. The second-order valence-electron chi connectivity index (χ2n) is 9.28. The Morgan fingerprint density at radius 2 is 1.59 bits per heavy atom. The van der Waals surface area contributed by atoms with Crippen LogP contribution >= 0.6 is 11.6 Å². The summed E-state index contributed by atoms with van der Waals surface area (Å²) in [5, 5.41) is 15.4. The van der Waals surface area contributed by atoms with Crippen LogP contribution in [0.2, 0.25) is 5.02 Å². The van der Waals surface area contributed by atoms with Crippen LogP contribution in [0.25, 0.3) is 16.5 Å². The van der Waals surface area contributed by atoms with Gasteiger partial charge in [0.2, 0.25) is 5.88 Å². The second kappa shape index (κ2) is 11.9. The Labute approximate surface area is 252 Å². The van der Waals surface area contributed by atoms with E-state index in [2.05, 4.69) is 15.2 Å². The van der Waals surface area contributed by atoms with E-state index in [9.17, 15) is 36.3 Å². The van der Waals surface area contributed by atoms with Gasteiger partial charge in [0, 0.05) is 16.3 Å². The van der Waals surface area contributed by atoms with Crippen LogP contribution in [0.3, 0.4) is 0 Å². The van der Waals surface area contributed by atoms with Crippen LogP contribution < -0.4 is 15.7 Å². The number of aromatic hydroxyl groups is 1. The van der Waals surface area contributed by atoms with E-state index in [-0.39, 0.29) is 43.2 Å². The van der Waals surface area contributed by atoms with Crippen molar-refractivity contribution in [1.82, 2.24) is 9.99 Å². The van der Waals surface area contributed by atoms with E-state index in [1.165, 1.54) is 48.5 Å². The molecule has 0 spiro atoms. The van der Waals surface area contributed by atoms with Gasteiger partial charge in [-0.15, -0.1) is 0 Å². The van der Waals surface area contributed by atoms with Gasteiger partial charge in [0.25, 0.3) is 21.5 Å². The van der Waals surface area contributed by atoms with Crippen molar-refractivity contribution in [2.75, 3.05) is 4.72 Å². The lowest BCUT2D eigenvalue weighted by Gasteiger charge is -2.15. The first-order valence-corrected chi connectivity index (χ1v) is 14.5. The minimum absolute atomic E-state index is 0.0689. The fraction of sp³-hybridized carbons (Fsp3) is 0.0333. The van der Waals surface area contributed by atoms with Gasteiger partial charge in [-0.05, 0) is 54.6 Å². The fourth-order valence-corrected chi connectivity index (χ4v) is 5.69. The number of rotatable bonds is 7. The summed E-state index contributed by atoms with van der Waals surface area (Å²) < 4.78 is 68.9. The Balaban J connectivity index is 1.46. The molecule has 44 heavy (non-hydrogen) atoms. The Bertz CT molecular complexity index is 2110. The number of hydrazone groups is 1. The number of carbonyl (C=O) groups is 1. The molecule has 0 radical (unpaired) electrons. The number of carbonyl (C=O) groups excluding carboxylic acids is 1. The molecule has 0 atom stereocenters. The number of anilines is 1. The summed E-state index contributed by atoms with van der Waals surface area (Å²) in [5.74, 6) is -1.53. The Morgan fingerprint density at radius 3 is 2.32 bits per heavy atom. The number of para-hydroxylation sites is 1. The number of nitrogens with one attached hydrogen (secondary N) is 2. The second-order valence-corrected chi connectivity index (χ2v) is 11.4. The summed E-state index contributed by atoms with van der Waals surface area (Å²) in [4.78, 5) is 25.9. The number of fused-ring (bicyclic) bond motifs is 1. The van der Waals surface area contributed by atoms with Crippen LogP contribution in [0.4, 0.5) is 18.9 Å². The molecule has 0 bridgehead atoms. The van der Waals surface area contributed by atoms with Gasteiger partial charge < -0.3 is 5.11 Å². The highest BCUT2D eigenvalue weighted by Crippen LogP contribution is 2.32. The number of nitrogens with zero attached hydrogens (tertiary/aromatic N) is 2. The molecular weight excluding hydrogens is 621 g/mol. The minimum atomic E-state index is -4.69. The van der Waals surface area contributed by atoms with Gasteiger partial charge >= 0.3 is 6.18 Å². The van der Waals surface area contributed by atoms with Crippen molar-refractivity contribution in [2.45, 2.75) is 11.1 Å². The minimum Gasteiger partial charge on any atom is -0.494 e. The molecule has 1 heterocycles. The molecule has 1 aromatic heterocycles. The molecular formula is C30H20ClF3N4O5S. The molecule has 0 unspecified atom stereocenters. The Kier molecular flexibility index (Phi) is 8.17. The number of alkyl halides is 3. The molecule has 0 aliphatic heterocycles. The number of benzene rings is 4. The maximum Gasteiger partial charge on any atom is 0.416 e. The van der Waals surface area contributed by atoms with Crippen molar-refractivity contribution >= 4 is 50.2 Å². The molecule has 224 valence electrons. The average molecular weight is 641 g/mol. The maximum atomic E-state index is 13.4. The predicted molar refractivity (Wildman–Crippen MR) is 160 cm³/mol. The molecule has 5 aromatic rings. The van der Waals surface area contributed by atoms with Crippen LogP contribution in [0.15, 0.2) is 112 Å². The number of halogens is 4. The molecule has 5 rings (SSSR count). The normalized spacial score (nSPS) is 12.0. The van der Waals surface area contributed by atoms with Crippen molar-refractivity contribution in [3.8, 4) is 11.6 Å². The van der Waals surface area contributed by atoms with E-state index in [1.54, 1.807) is 24.3 Å². The largest absolute Gasteiger partial charge is 0.494 e. The van der Waals surface area contributed by atoms with E-state index in [0.29, 0.717) is 4.57 Å². The third-order valence-corrected chi connectivity index (χ3v) is 8.11. The summed E-state index contributed by atoms with van der Waals surface area (Å²) in [6, 6.07) is 21.2. The van der Waals surface area contributed by atoms with Gasteiger partial charge in [0.15, 0.2) is 0 Å². The van der Waals surface area contributed by atoms with E-state index < -0.39 is 39.1 Å². The van der Waals surface area contributed by atoms with Gasteiger partial charge in [-0.1, -0.05) is 54.1 Å². The molecule has 1 amide bonds. The first-order valence-electron chi connectivity index (χ1n) is 12.6. The molecule has 14 heteroatoms. The predicted octanol–water partition coefficient (Wildman–Crippen LogP) is 5.93. The molecule has 4 aromatic carbocycles. The Morgan fingerprint density at radius 1 is 0.909 bits per heavy atom. The average Bonchev–Trinajstić information content (AvgIpc) is 3.00. The number of aromatic nitrogens is 1. The number of hydrogen-bond donors (Lipinski definition) is 3. The summed E-state index contributed by atoms with van der Waals surface area (Å²) in [5.41, 5.74) is 0.183. The number of amides is 1. The summed E-state index contributed by atoms with van der Waals surface area (Å²) in [7, 11) is -4.12. The van der Waals surface area contributed by atoms with Crippen molar-refractivity contribution in [3.63, 3.8) is 0 Å². The first-order chi connectivity index (χ1) is 20.9. The van der Waals surface area contributed by atoms with Crippen LogP contribution in [0, 0.1) is 0 Å². The molecule has 9 nitrogen and oxygen atoms in total. The smallest absolute Gasteiger partial charge is 0.416 e. The topological polar surface area (TPSA) is 130 Å². The van der Waals surface area contributed by atoms with Crippen molar-refractivity contribution in [2.24, 2.45) is 5.10 Å². The Hall–Kier alpha value is -5.14. The van der Waals surface area contributed by atoms with Crippen LogP contribution in [0.5, 0.6) is 5.88 Å².